The largest absolute Gasteiger partial charge is 0.310 e. The van der Waals surface area contributed by atoms with E-state index in [2.05, 4.69) is 21.4 Å². The first-order valence-electron chi connectivity index (χ1n) is 7.12. The highest BCUT2D eigenvalue weighted by Crippen LogP contribution is 2.31. The average molecular weight is 320 g/mol. The summed E-state index contributed by atoms with van der Waals surface area (Å²) < 4.78 is 0. The molecule has 5 heteroatoms. The SMILES string of the molecule is Cc1cc(C)nc(Sc2cc(Cl)ccc2CNC2CC2)n1. The summed E-state index contributed by atoms with van der Waals surface area (Å²) in [7, 11) is 0. The molecule has 1 saturated carbocycles. The second-order valence-corrected chi connectivity index (χ2v) is 6.89. The summed E-state index contributed by atoms with van der Waals surface area (Å²) in [5, 5.41) is 5.07. The van der Waals surface area contributed by atoms with Crippen LogP contribution in [0.15, 0.2) is 34.3 Å². The standard InChI is InChI=1S/C16H18ClN3S/c1-10-7-11(2)20-16(19-10)21-15-8-13(17)4-3-12(15)9-18-14-5-6-14/h3-4,7-8,14,18H,5-6,9H2,1-2H3. The maximum absolute atomic E-state index is 6.15. The minimum Gasteiger partial charge on any atom is -0.310 e. The van der Waals surface area contributed by atoms with Crippen LogP contribution < -0.4 is 5.32 Å². The third-order valence-electron chi connectivity index (χ3n) is 3.35. The Labute approximate surface area is 134 Å². The van der Waals surface area contributed by atoms with Gasteiger partial charge in [-0.3, -0.25) is 0 Å². The fraction of sp³-hybridized carbons (Fsp3) is 0.375. The lowest BCUT2D eigenvalue weighted by atomic mass is 10.2. The Hall–Kier alpha value is -1.10. The summed E-state index contributed by atoms with van der Waals surface area (Å²) in [6.45, 7) is 4.85. The normalized spacial score (nSPS) is 14.4. The molecule has 1 aromatic heterocycles. The molecule has 0 radical (unpaired) electrons. The first-order valence-corrected chi connectivity index (χ1v) is 8.31. The predicted molar refractivity (Wildman–Crippen MR) is 86.9 cm³/mol. The van der Waals surface area contributed by atoms with E-state index in [9.17, 15) is 0 Å². The Balaban J connectivity index is 1.83. The van der Waals surface area contributed by atoms with Gasteiger partial charge in [0.25, 0.3) is 0 Å². The maximum atomic E-state index is 6.15. The van der Waals surface area contributed by atoms with Crippen molar-refractivity contribution in [2.24, 2.45) is 0 Å². The van der Waals surface area contributed by atoms with Crippen LogP contribution >= 0.6 is 23.4 Å². The molecule has 110 valence electrons. The van der Waals surface area contributed by atoms with Crippen molar-refractivity contribution < 1.29 is 0 Å². The van der Waals surface area contributed by atoms with Crippen LogP contribution in [0.2, 0.25) is 5.02 Å². The van der Waals surface area contributed by atoms with E-state index < -0.39 is 0 Å². The molecule has 1 aliphatic carbocycles. The molecule has 1 N–H and O–H groups in total. The van der Waals surface area contributed by atoms with Crippen molar-refractivity contribution in [3.05, 3.63) is 46.2 Å². The van der Waals surface area contributed by atoms with E-state index in [1.54, 1.807) is 11.8 Å². The van der Waals surface area contributed by atoms with Gasteiger partial charge in [-0.05, 0) is 62.2 Å². The zero-order valence-electron chi connectivity index (χ0n) is 12.2. The predicted octanol–water partition coefficient (Wildman–Crippen LogP) is 4.15. The summed E-state index contributed by atoms with van der Waals surface area (Å²) in [5.74, 6) is 0. The highest BCUT2D eigenvalue weighted by molar-refractivity contribution is 7.99. The molecule has 0 bridgehead atoms. The van der Waals surface area contributed by atoms with E-state index in [-0.39, 0.29) is 0 Å². The summed E-state index contributed by atoms with van der Waals surface area (Å²) in [6, 6.07) is 8.70. The van der Waals surface area contributed by atoms with Gasteiger partial charge < -0.3 is 5.32 Å². The van der Waals surface area contributed by atoms with Crippen molar-refractivity contribution in [1.29, 1.82) is 0 Å². The Morgan fingerprint density at radius 3 is 2.57 bits per heavy atom. The fourth-order valence-electron chi connectivity index (χ4n) is 2.15. The number of hydrogen-bond donors (Lipinski definition) is 1. The molecule has 0 aliphatic heterocycles. The quantitative estimate of drug-likeness (QED) is 0.840. The zero-order chi connectivity index (χ0) is 14.8. The van der Waals surface area contributed by atoms with Crippen LogP contribution in [0, 0.1) is 13.8 Å². The lowest BCUT2D eigenvalue weighted by Gasteiger charge is -2.10. The van der Waals surface area contributed by atoms with Crippen LogP contribution in [-0.2, 0) is 6.54 Å². The molecule has 3 nitrogen and oxygen atoms in total. The summed E-state index contributed by atoms with van der Waals surface area (Å²) in [6.07, 6.45) is 2.58. The first kappa shape index (κ1) is 14.8. The number of nitrogens with one attached hydrogen (secondary N) is 1. The highest BCUT2D eigenvalue weighted by atomic mass is 35.5. The summed E-state index contributed by atoms with van der Waals surface area (Å²) in [4.78, 5) is 10.1. The second-order valence-electron chi connectivity index (χ2n) is 5.44. The molecule has 1 aromatic carbocycles. The molecule has 21 heavy (non-hydrogen) atoms. The number of aromatic nitrogens is 2. The van der Waals surface area contributed by atoms with E-state index in [4.69, 9.17) is 11.6 Å². The summed E-state index contributed by atoms with van der Waals surface area (Å²) in [5.41, 5.74) is 3.23. The lowest BCUT2D eigenvalue weighted by Crippen LogP contribution is -2.15. The van der Waals surface area contributed by atoms with Gasteiger partial charge in [0.1, 0.15) is 0 Å². The Morgan fingerprint density at radius 1 is 1.19 bits per heavy atom. The van der Waals surface area contributed by atoms with Crippen LogP contribution in [0.1, 0.15) is 29.8 Å². The number of nitrogens with zero attached hydrogens (tertiary/aromatic N) is 2. The first-order chi connectivity index (χ1) is 10.1. The third-order valence-corrected chi connectivity index (χ3v) is 4.55. The minimum atomic E-state index is 0.691. The van der Waals surface area contributed by atoms with E-state index in [1.807, 2.05) is 32.0 Å². The third kappa shape index (κ3) is 4.19. The number of halogens is 1. The van der Waals surface area contributed by atoms with E-state index >= 15 is 0 Å². The van der Waals surface area contributed by atoms with Gasteiger partial charge in [-0.1, -0.05) is 17.7 Å². The average Bonchev–Trinajstić information content (AvgIpc) is 3.20. The topological polar surface area (TPSA) is 37.8 Å². The zero-order valence-corrected chi connectivity index (χ0v) is 13.8. The highest BCUT2D eigenvalue weighted by Gasteiger charge is 2.20. The van der Waals surface area contributed by atoms with Gasteiger partial charge in [0.2, 0.25) is 0 Å². The molecular weight excluding hydrogens is 302 g/mol. The lowest BCUT2D eigenvalue weighted by molar-refractivity contribution is 0.680. The van der Waals surface area contributed by atoms with Crippen molar-refractivity contribution >= 4 is 23.4 Å². The number of rotatable bonds is 5. The second kappa shape index (κ2) is 6.34. The molecule has 0 spiro atoms. The van der Waals surface area contributed by atoms with Crippen molar-refractivity contribution in [1.82, 2.24) is 15.3 Å². The van der Waals surface area contributed by atoms with Crippen molar-refractivity contribution in [2.75, 3.05) is 0 Å². The van der Waals surface area contributed by atoms with Crippen LogP contribution in [0.5, 0.6) is 0 Å². The van der Waals surface area contributed by atoms with E-state index in [0.29, 0.717) is 6.04 Å². The number of benzene rings is 1. The molecule has 0 atom stereocenters. The molecule has 0 unspecified atom stereocenters. The molecule has 1 fully saturated rings. The van der Waals surface area contributed by atoms with Gasteiger partial charge in [0.15, 0.2) is 5.16 Å². The summed E-state index contributed by atoms with van der Waals surface area (Å²) >= 11 is 7.73. The molecule has 0 amide bonds. The van der Waals surface area contributed by atoms with E-state index in [0.717, 1.165) is 33.0 Å². The van der Waals surface area contributed by atoms with Crippen LogP contribution in [-0.4, -0.2) is 16.0 Å². The van der Waals surface area contributed by atoms with Crippen molar-refractivity contribution in [3.63, 3.8) is 0 Å². The van der Waals surface area contributed by atoms with Gasteiger partial charge >= 0.3 is 0 Å². The maximum Gasteiger partial charge on any atom is 0.192 e. The van der Waals surface area contributed by atoms with E-state index in [1.165, 1.54) is 18.4 Å². The fourth-order valence-corrected chi connectivity index (χ4v) is 3.42. The van der Waals surface area contributed by atoms with Gasteiger partial charge in [-0.2, -0.15) is 0 Å². The van der Waals surface area contributed by atoms with Gasteiger partial charge in [0, 0.05) is 33.9 Å². The van der Waals surface area contributed by atoms with Crippen molar-refractivity contribution in [3.8, 4) is 0 Å². The smallest absolute Gasteiger partial charge is 0.192 e. The van der Waals surface area contributed by atoms with Crippen LogP contribution in [0.4, 0.5) is 0 Å². The molecule has 1 aliphatic rings. The van der Waals surface area contributed by atoms with Crippen LogP contribution in [0.3, 0.4) is 0 Å². The Kier molecular flexibility index (Phi) is 4.48. The molecule has 2 aromatic rings. The van der Waals surface area contributed by atoms with Gasteiger partial charge in [-0.15, -0.1) is 0 Å². The molecular formula is C16H18ClN3S. The Morgan fingerprint density at radius 2 is 1.90 bits per heavy atom. The monoisotopic (exact) mass is 319 g/mol. The molecule has 0 saturated heterocycles. The van der Waals surface area contributed by atoms with Gasteiger partial charge in [-0.25, -0.2) is 9.97 Å². The molecule has 3 rings (SSSR count). The minimum absolute atomic E-state index is 0.691. The number of hydrogen-bond acceptors (Lipinski definition) is 4. The Bertz CT molecular complexity index is 636. The van der Waals surface area contributed by atoms with Crippen molar-refractivity contribution in [2.45, 2.75) is 49.3 Å². The molecule has 1 heterocycles. The number of aryl methyl sites for hydroxylation is 2. The van der Waals surface area contributed by atoms with Crippen LogP contribution in [0.25, 0.3) is 0 Å². The van der Waals surface area contributed by atoms with Gasteiger partial charge in [0.05, 0.1) is 0 Å².